The van der Waals surface area contributed by atoms with Crippen LogP contribution in [0.2, 0.25) is 0 Å². The Balaban J connectivity index is 0.00000166. The zero-order valence-electron chi connectivity index (χ0n) is 25.8. The maximum atomic E-state index is 13.6. The van der Waals surface area contributed by atoms with Gasteiger partial charge in [-0.2, -0.15) is 0 Å². The number of aromatic nitrogens is 2. The molecule has 3 aliphatic heterocycles. The number of aliphatic hydroxyl groups excluding tert-OH is 1. The number of rotatable bonds is 7. The Labute approximate surface area is 266 Å². The molecule has 9 heteroatoms. The van der Waals surface area contributed by atoms with Crippen molar-refractivity contribution in [2.24, 2.45) is 0 Å². The molecule has 0 saturated carbocycles. The predicted molar refractivity (Wildman–Crippen MR) is 174 cm³/mol. The van der Waals surface area contributed by atoms with Crippen molar-refractivity contribution in [3.8, 4) is 22.9 Å². The van der Waals surface area contributed by atoms with E-state index in [-0.39, 0.29) is 30.4 Å². The van der Waals surface area contributed by atoms with E-state index in [0.717, 1.165) is 35.0 Å². The van der Waals surface area contributed by atoms with Crippen LogP contribution in [-0.2, 0) is 29.2 Å². The van der Waals surface area contributed by atoms with Crippen LogP contribution in [0.4, 0.5) is 0 Å². The topological polar surface area (TPSA) is 112 Å². The third-order valence-electron chi connectivity index (χ3n) is 8.88. The van der Waals surface area contributed by atoms with E-state index in [4.69, 9.17) is 19.2 Å². The second-order valence-electron chi connectivity index (χ2n) is 11.3. The molecule has 3 aromatic carbocycles. The fourth-order valence-corrected chi connectivity index (χ4v) is 6.66. The van der Waals surface area contributed by atoms with Gasteiger partial charge in [0.1, 0.15) is 6.61 Å². The maximum Gasteiger partial charge on any atom is 0.340 e. The van der Waals surface area contributed by atoms with Crippen LogP contribution in [0.25, 0.3) is 22.3 Å². The summed E-state index contributed by atoms with van der Waals surface area (Å²) in [5.74, 6) is 0.768. The van der Waals surface area contributed by atoms with E-state index in [1.807, 2.05) is 38.1 Å². The fourth-order valence-electron chi connectivity index (χ4n) is 6.66. The maximum absolute atomic E-state index is 13.6. The van der Waals surface area contributed by atoms with Crippen LogP contribution in [0.15, 0.2) is 83.7 Å². The van der Waals surface area contributed by atoms with Crippen LogP contribution in [0.3, 0.4) is 0 Å². The van der Waals surface area contributed by atoms with Gasteiger partial charge in [-0.15, -0.1) is 0 Å². The molecule has 46 heavy (non-hydrogen) atoms. The van der Waals surface area contributed by atoms with Crippen LogP contribution >= 0.6 is 0 Å². The first-order chi connectivity index (χ1) is 22.6. The Morgan fingerprint density at radius 1 is 0.913 bits per heavy atom. The van der Waals surface area contributed by atoms with Gasteiger partial charge in [0, 0.05) is 35.0 Å². The van der Waals surface area contributed by atoms with E-state index in [9.17, 15) is 14.7 Å². The van der Waals surface area contributed by atoms with Crippen LogP contribution in [0.5, 0.6) is 11.5 Å². The van der Waals surface area contributed by atoms with Gasteiger partial charge in [0.25, 0.3) is 5.56 Å². The highest BCUT2D eigenvalue weighted by atomic mass is 16.7. The van der Waals surface area contributed by atoms with Crippen molar-refractivity contribution in [1.29, 1.82) is 0 Å². The Morgan fingerprint density at radius 3 is 2.28 bits per heavy atom. The number of carbonyl (C=O) groups is 1. The van der Waals surface area contributed by atoms with Crippen molar-refractivity contribution in [2.75, 3.05) is 13.3 Å². The lowest BCUT2D eigenvalue weighted by atomic mass is 9.88. The molecule has 2 aromatic heterocycles. The highest BCUT2D eigenvalue weighted by molar-refractivity contribution is 5.91. The van der Waals surface area contributed by atoms with Crippen molar-refractivity contribution >= 4 is 16.9 Å². The number of fused-ring (bicyclic) bond motifs is 6. The summed E-state index contributed by atoms with van der Waals surface area (Å²) in [4.78, 5) is 30.7. The van der Waals surface area contributed by atoms with Crippen molar-refractivity contribution in [1.82, 2.24) is 14.9 Å². The Morgan fingerprint density at radius 2 is 1.59 bits per heavy atom. The van der Waals surface area contributed by atoms with Crippen LogP contribution in [-0.4, -0.2) is 34.0 Å². The largest absolute Gasteiger partial charge is 0.458 e. The summed E-state index contributed by atoms with van der Waals surface area (Å²) in [6.45, 7) is 5.62. The molecule has 0 saturated heterocycles. The predicted octanol–water partition coefficient (Wildman–Crippen LogP) is 5.58. The lowest BCUT2D eigenvalue weighted by Crippen LogP contribution is -2.32. The molecule has 0 fully saturated rings. The number of nitrogens with zero attached hydrogens (tertiary/aromatic N) is 2. The highest BCUT2D eigenvalue weighted by Crippen LogP contribution is 2.42. The third-order valence-corrected chi connectivity index (χ3v) is 8.88. The summed E-state index contributed by atoms with van der Waals surface area (Å²) < 4.78 is 18.1. The summed E-state index contributed by atoms with van der Waals surface area (Å²) >= 11 is 0. The first-order valence-corrected chi connectivity index (χ1v) is 15.7. The zero-order valence-corrected chi connectivity index (χ0v) is 25.8. The Kier molecular flexibility index (Phi) is 8.02. The molecule has 3 aliphatic rings. The van der Waals surface area contributed by atoms with Crippen LogP contribution < -0.4 is 20.3 Å². The minimum absolute atomic E-state index is 0.150. The molecule has 9 nitrogen and oxygen atoms in total. The molecule has 5 aromatic rings. The third kappa shape index (κ3) is 5.11. The second-order valence-corrected chi connectivity index (χ2v) is 11.3. The van der Waals surface area contributed by atoms with E-state index >= 15 is 0 Å². The van der Waals surface area contributed by atoms with E-state index in [0.29, 0.717) is 41.5 Å². The normalized spacial score (nSPS) is 15.6. The Bertz CT molecular complexity index is 1950. The van der Waals surface area contributed by atoms with Gasteiger partial charge in [0.2, 0.25) is 6.79 Å². The van der Waals surface area contributed by atoms with E-state index in [1.54, 1.807) is 10.6 Å². The van der Waals surface area contributed by atoms with Crippen molar-refractivity contribution in [2.45, 2.75) is 52.0 Å². The molecule has 1 unspecified atom stereocenters. The number of cyclic esters (lactones) is 1. The molecule has 0 bridgehead atoms. The van der Waals surface area contributed by atoms with E-state index in [1.165, 1.54) is 11.1 Å². The van der Waals surface area contributed by atoms with Gasteiger partial charge in [-0.1, -0.05) is 74.5 Å². The lowest BCUT2D eigenvalue weighted by Gasteiger charge is -2.21. The summed E-state index contributed by atoms with van der Waals surface area (Å²) in [6.07, 6.45) is -0.608. The van der Waals surface area contributed by atoms with Gasteiger partial charge in [-0.05, 0) is 41.8 Å². The van der Waals surface area contributed by atoms with Crippen molar-refractivity contribution < 1.29 is 24.1 Å². The fraction of sp³-hybridized carbons (Fsp3) is 0.270. The molecular weight excluding hydrogens is 582 g/mol. The molecular formula is C37H35N3O6. The summed E-state index contributed by atoms with van der Waals surface area (Å²) in [5.41, 5.74) is 6.73. The molecule has 0 radical (unpaired) electrons. The minimum atomic E-state index is -1.50. The lowest BCUT2D eigenvalue weighted by molar-refractivity contribution is -0.157. The van der Waals surface area contributed by atoms with Gasteiger partial charge >= 0.3 is 5.97 Å². The SMILES string of the molecule is CC.O=C1OCc2c(cc3n(c2=O)Cc2c-3nc3cc4c(cc3c2CNCCC(c2ccccc2)c2ccccc2)OCO4)C1O. The number of esters is 1. The monoisotopic (exact) mass is 617 g/mol. The van der Waals surface area contributed by atoms with Crippen molar-refractivity contribution in [3.63, 3.8) is 0 Å². The molecule has 5 heterocycles. The summed E-state index contributed by atoms with van der Waals surface area (Å²) in [7, 11) is 0. The van der Waals surface area contributed by atoms with Gasteiger partial charge < -0.3 is 29.2 Å². The summed E-state index contributed by atoms with van der Waals surface area (Å²) in [6, 6.07) is 26.6. The van der Waals surface area contributed by atoms with Crippen LogP contribution in [0.1, 0.15) is 65.7 Å². The minimum Gasteiger partial charge on any atom is -0.458 e. The zero-order chi connectivity index (χ0) is 31.8. The van der Waals surface area contributed by atoms with E-state index in [2.05, 4.69) is 53.8 Å². The van der Waals surface area contributed by atoms with Gasteiger partial charge in [0.05, 0.1) is 29.0 Å². The number of hydrogen-bond acceptors (Lipinski definition) is 8. The molecule has 1 atom stereocenters. The number of benzene rings is 3. The van der Waals surface area contributed by atoms with Gasteiger partial charge in [-0.3, -0.25) is 4.79 Å². The molecule has 2 N–H and O–H groups in total. The number of aliphatic hydroxyl groups is 1. The quantitative estimate of drug-likeness (QED) is 0.176. The standard InChI is InChI=1S/C35H29N3O6.C2H6/c39-33-24-13-29-32-26(17-38(29)34(40)27(24)18-42-35(33)41)25(23-14-30-31(44-19-43-30)15-28(23)37-32)16-36-12-11-22(20-7-3-1-4-8-20)21-9-5-2-6-10-21;1-2/h1-10,13-15,22,33,36,39H,11-12,16-19H2;1-2H3. The number of ether oxygens (including phenoxy) is 3. The molecule has 0 aliphatic carbocycles. The molecule has 0 amide bonds. The van der Waals surface area contributed by atoms with E-state index < -0.39 is 12.1 Å². The highest BCUT2D eigenvalue weighted by Gasteiger charge is 2.35. The number of carbonyl (C=O) groups excluding carboxylic acids is 1. The Hall–Kier alpha value is -4.99. The number of pyridine rings is 2. The van der Waals surface area contributed by atoms with Crippen LogP contribution in [0, 0.1) is 0 Å². The van der Waals surface area contributed by atoms with Gasteiger partial charge in [-0.25, -0.2) is 9.78 Å². The second kappa shape index (κ2) is 12.4. The van der Waals surface area contributed by atoms with Crippen molar-refractivity contribution in [3.05, 3.63) is 123 Å². The molecule has 0 spiro atoms. The first-order valence-electron chi connectivity index (χ1n) is 15.7. The number of hydrogen-bond donors (Lipinski definition) is 2. The first kappa shape index (κ1) is 29.7. The number of nitrogens with one attached hydrogen (secondary N) is 1. The average Bonchev–Trinajstić information content (AvgIpc) is 3.71. The van der Waals surface area contributed by atoms with Gasteiger partial charge in [0.15, 0.2) is 17.6 Å². The molecule has 234 valence electrons. The molecule has 8 rings (SSSR count). The summed E-state index contributed by atoms with van der Waals surface area (Å²) in [5, 5.41) is 15.1. The average molecular weight is 618 g/mol. The smallest absolute Gasteiger partial charge is 0.340 e.